The Morgan fingerprint density at radius 2 is 1.71 bits per heavy atom. The highest BCUT2D eigenvalue weighted by atomic mass is 19.4. The van der Waals surface area contributed by atoms with E-state index in [4.69, 9.17) is 0 Å². The molecule has 0 fully saturated rings. The molecule has 0 spiro atoms. The summed E-state index contributed by atoms with van der Waals surface area (Å²) >= 11 is 0. The minimum atomic E-state index is -4.63. The van der Waals surface area contributed by atoms with Crippen molar-refractivity contribution in [3.63, 3.8) is 0 Å². The van der Waals surface area contributed by atoms with Gasteiger partial charge >= 0.3 is 6.18 Å². The van der Waals surface area contributed by atoms with E-state index in [-0.39, 0.29) is 33.9 Å². The highest BCUT2D eigenvalue weighted by Crippen LogP contribution is 2.37. The van der Waals surface area contributed by atoms with Gasteiger partial charge in [-0.05, 0) is 36.0 Å². The Labute approximate surface area is 163 Å². The molecular formula is C22H26F3NO2. The number of pyridine rings is 1. The highest BCUT2D eigenvalue weighted by Gasteiger charge is 2.36. The van der Waals surface area contributed by atoms with Crippen molar-refractivity contribution in [3.05, 3.63) is 69.8 Å². The molecule has 1 aromatic heterocycles. The van der Waals surface area contributed by atoms with E-state index in [1.165, 1.54) is 30.7 Å². The molecule has 2 aromatic rings. The van der Waals surface area contributed by atoms with E-state index in [1.807, 2.05) is 20.8 Å². The second-order valence-electron chi connectivity index (χ2n) is 8.25. The number of rotatable bonds is 4. The minimum absolute atomic E-state index is 0.0725. The average molecular weight is 393 g/mol. The summed E-state index contributed by atoms with van der Waals surface area (Å²) in [4.78, 5) is 12.6. The third-order valence-corrected chi connectivity index (χ3v) is 5.11. The number of aromatic nitrogens is 1. The van der Waals surface area contributed by atoms with Crippen LogP contribution in [-0.4, -0.2) is 9.67 Å². The van der Waals surface area contributed by atoms with Crippen molar-refractivity contribution >= 4 is 0 Å². The predicted molar refractivity (Wildman–Crippen MR) is 105 cm³/mol. The number of alkyl halides is 3. The van der Waals surface area contributed by atoms with Crippen molar-refractivity contribution in [1.82, 2.24) is 4.57 Å². The Balaban J connectivity index is 2.51. The molecule has 1 unspecified atom stereocenters. The second kappa shape index (κ2) is 7.49. The third-order valence-electron chi connectivity index (χ3n) is 5.11. The maximum absolute atomic E-state index is 13.5. The Morgan fingerprint density at radius 1 is 1.18 bits per heavy atom. The summed E-state index contributed by atoms with van der Waals surface area (Å²) in [5.74, 6) is -0.125. The smallest absolute Gasteiger partial charge is 0.417 e. The Hall–Kier alpha value is -2.50. The quantitative estimate of drug-likeness (QED) is 0.682. The van der Waals surface area contributed by atoms with Gasteiger partial charge in [0.1, 0.15) is 0 Å². The van der Waals surface area contributed by atoms with E-state index >= 15 is 0 Å². The SMILES string of the molecule is C=C(O)C(Cc1ccc(-c2c(C(F)(F)F)cc(C)n(C)c2=O)cc1)C(C)(C)C. The van der Waals surface area contributed by atoms with Gasteiger partial charge in [-0.25, -0.2) is 0 Å². The highest BCUT2D eigenvalue weighted by molar-refractivity contribution is 5.67. The van der Waals surface area contributed by atoms with Gasteiger partial charge in [0.15, 0.2) is 0 Å². The van der Waals surface area contributed by atoms with Crippen LogP contribution in [0.4, 0.5) is 13.2 Å². The van der Waals surface area contributed by atoms with Crippen molar-refractivity contribution in [2.24, 2.45) is 18.4 Å². The lowest BCUT2D eigenvalue weighted by Crippen LogP contribution is -2.25. The summed E-state index contributed by atoms with van der Waals surface area (Å²) in [7, 11) is 1.45. The zero-order valence-electron chi connectivity index (χ0n) is 16.8. The monoisotopic (exact) mass is 393 g/mol. The molecule has 0 amide bonds. The lowest BCUT2D eigenvalue weighted by atomic mass is 9.76. The number of hydrogen-bond donors (Lipinski definition) is 1. The number of allylic oxidation sites excluding steroid dienone is 1. The zero-order chi connectivity index (χ0) is 21.4. The predicted octanol–water partition coefficient (Wildman–Crippen LogP) is 5.66. The molecule has 1 heterocycles. The standard InChI is InChI=1S/C22H26F3NO2/c1-13-11-18(22(23,24)25)19(20(28)26(13)6)16-9-7-15(8-10-16)12-17(14(2)27)21(3,4)5/h7-11,17,27H,2,12H2,1,3-6H3. The van der Waals surface area contributed by atoms with Crippen molar-refractivity contribution < 1.29 is 18.3 Å². The van der Waals surface area contributed by atoms with Crippen LogP contribution in [0.5, 0.6) is 0 Å². The first-order valence-corrected chi connectivity index (χ1v) is 8.98. The Kier molecular flexibility index (Phi) is 5.83. The first-order chi connectivity index (χ1) is 12.7. The summed E-state index contributed by atoms with van der Waals surface area (Å²) in [6.45, 7) is 11.1. The lowest BCUT2D eigenvalue weighted by molar-refractivity contribution is -0.137. The van der Waals surface area contributed by atoms with Crippen molar-refractivity contribution in [3.8, 4) is 11.1 Å². The number of nitrogens with zero attached hydrogens (tertiary/aromatic N) is 1. The maximum Gasteiger partial charge on any atom is 0.417 e. The van der Waals surface area contributed by atoms with Gasteiger partial charge in [-0.1, -0.05) is 51.6 Å². The summed E-state index contributed by atoms with van der Waals surface area (Å²) < 4.78 is 41.7. The van der Waals surface area contributed by atoms with Crippen LogP contribution in [0.2, 0.25) is 0 Å². The van der Waals surface area contributed by atoms with Crippen molar-refractivity contribution in [1.29, 1.82) is 0 Å². The van der Waals surface area contributed by atoms with Gasteiger partial charge in [-0.2, -0.15) is 13.2 Å². The summed E-state index contributed by atoms with van der Waals surface area (Å²) in [6, 6.07) is 7.43. The zero-order valence-corrected chi connectivity index (χ0v) is 16.8. The largest absolute Gasteiger partial charge is 0.513 e. The number of aryl methyl sites for hydroxylation is 1. The molecule has 0 bridgehead atoms. The van der Waals surface area contributed by atoms with Crippen LogP contribution in [0.3, 0.4) is 0 Å². The van der Waals surface area contributed by atoms with E-state index in [2.05, 4.69) is 6.58 Å². The molecule has 1 aromatic carbocycles. The fraction of sp³-hybridized carbons (Fsp3) is 0.409. The van der Waals surface area contributed by atoms with Gasteiger partial charge in [-0.15, -0.1) is 0 Å². The van der Waals surface area contributed by atoms with Gasteiger partial charge in [-0.3, -0.25) is 4.79 Å². The normalized spacial score (nSPS) is 13.4. The van der Waals surface area contributed by atoms with Crippen LogP contribution >= 0.6 is 0 Å². The van der Waals surface area contributed by atoms with E-state index in [1.54, 1.807) is 12.1 Å². The molecule has 1 N–H and O–H groups in total. The first kappa shape index (κ1) is 21.8. The Bertz CT molecular complexity index is 932. The number of aliphatic hydroxyl groups is 1. The molecule has 6 heteroatoms. The van der Waals surface area contributed by atoms with E-state index in [0.717, 1.165) is 11.6 Å². The molecule has 3 nitrogen and oxygen atoms in total. The maximum atomic E-state index is 13.5. The van der Waals surface area contributed by atoms with Crippen molar-refractivity contribution in [2.45, 2.75) is 40.3 Å². The van der Waals surface area contributed by atoms with Crippen LogP contribution < -0.4 is 5.56 Å². The molecule has 0 radical (unpaired) electrons. The molecule has 28 heavy (non-hydrogen) atoms. The number of benzene rings is 1. The number of halogens is 3. The van der Waals surface area contributed by atoms with Gasteiger partial charge < -0.3 is 9.67 Å². The van der Waals surface area contributed by atoms with Gasteiger partial charge in [0, 0.05) is 18.7 Å². The van der Waals surface area contributed by atoms with Crippen molar-refractivity contribution in [2.75, 3.05) is 0 Å². The number of hydrogen-bond acceptors (Lipinski definition) is 2. The van der Waals surface area contributed by atoms with E-state index in [0.29, 0.717) is 6.42 Å². The molecule has 0 aliphatic rings. The second-order valence-corrected chi connectivity index (χ2v) is 8.25. The fourth-order valence-corrected chi connectivity index (χ4v) is 3.29. The topological polar surface area (TPSA) is 42.2 Å². The van der Waals surface area contributed by atoms with Gasteiger partial charge in [0.05, 0.1) is 16.9 Å². The van der Waals surface area contributed by atoms with E-state index < -0.39 is 17.3 Å². The third kappa shape index (κ3) is 4.49. The summed E-state index contributed by atoms with van der Waals surface area (Å²) in [5, 5.41) is 9.90. The molecule has 1 atom stereocenters. The molecule has 0 aliphatic carbocycles. The molecule has 0 aliphatic heterocycles. The molecule has 152 valence electrons. The fourth-order valence-electron chi connectivity index (χ4n) is 3.29. The molecule has 0 saturated heterocycles. The number of aliphatic hydroxyl groups excluding tert-OH is 1. The van der Waals surface area contributed by atoms with Gasteiger partial charge in [0.25, 0.3) is 5.56 Å². The van der Waals surface area contributed by atoms with Gasteiger partial charge in [0.2, 0.25) is 0 Å². The average Bonchev–Trinajstić information content (AvgIpc) is 2.56. The molecule has 0 saturated carbocycles. The summed E-state index contributed by atoms with van der Waals surface area (Å²) in [6.07, 6.45) is -4.13. The minimum Gasteiger partial charge on any atom is -0.513 e. The van der Waals surface area contributed by atoms with Crippen LogP contribution in [0, 0.1) is 18.3 Å². The molecular weight excluding hydrogens is 367 g/mol. The lowest BCUT2D eigenvalue weighted by Gasteiger charge is -2.30. The first-order valence-electron chi connectivity index (χ1n) is 8.98. The van der Waals surface area contributed by atoms with Crippen LogP contribution in [0.1, 0.15) is 37.6 Å². The Morgan fingerprint density at radius 3 is 2.14 bits per heavy atom. The molecule has 2 rings (SSSR count). The van der Waals surface area contributed by atoms with Crippen LogP contribution in [0.15, 0.2) is 47.5 Å². The van der Waals surface area contributed by atoms with Crippen LogP contribution in [-0.2, 0) is 19.6 Å². The van der Waals surface area contributed by atoms with Crippen LogP contribution in [0.25, 0.3) is 11.1 Å². The van der Waals surface area contributed by atoms with E-state index in [9.17, 15) is 23.1 Å². The summed E-state index contributed by atoms with van der Waals surface area (Å²) in [5.41, 5.74) is -0.893.